The highest BCUT2D eigenvalue weighted by Gasteiger charge is 2.18. The summed E-state index contributed by atoms with van der Waals surface area (Å²) in [7, 11) is -3.68. The van der Waals surface area contributed by atoms with E-state index in [1.54, 1.807) is 28.9 Å². The molecule has 0 aliphatic heterocycles. The Kier molecular flexibility index (Phi) is 5.26. The van der Waals surface area contributed by atoms with Crippen molar-refractivity contribution in [3.8, 4) is 22.8 Å². The summed E-state index contributed by atoms with van der Waals surface area (Å²) in [6.45, 7) is 0. The molecule has 0 saturated heterocycles. The number of nitrogens with one attached hydrogen (secondary N) is 1. The first-order chi connectivity index (χ1) is 17.1. The third-order valence-corrected chi connectivity index (χ3v) is 7.60. The highest BCUT2D eigenvalue weighted by molar-refractivity contribution is 7.92. The van der Waals surface area contributed by atoms with Crippen molar-refractivity contribution in [3.05, 3.63) is 90.1 Å². The van der Waals surface area contributed by atoms with E-state index in [1.807, 2.05) is 54.6 Å². The minimum atomic E-state index is -3.68. The van der Waals surface area contributed by atoms with E-state index in [2.05, 4.69) is 25.0 Å². The molecule has 0 bridgehead atoms. The summed E-state index contributed by atoms with van der Waals surface area (Å²) in [5.74, 6) is 0.553. The lowest BCUT2D eigenvalue weighted by Crippen LogP contribution is -2.14. The first kappa shape index (κ1) is 21.4. The fraction of sp³-hybridized carbons (Fsp3) is 0.154. The third-order valence-electron chi connectivity index (χ3n) is 6.22. The molecule has 3 aromatic heterocycles. The lowest BCUT2D eigenvalue weighted by atomic mass is 9.92. The highest BCUT2D eigenvalue weighted by Crippen LogP contribution is 2.26. The van der Waals surface area contributed by atoms with Crippen LogP contribution in [0.2, 0.25) is 0 Å². The molecule has 6 rings (SSSR count). The number of nitrogens with zero attached hydrogens (tertiary/aromatic N) is 5. The summed E-state index contributed by atoms with van der Waals surface area (Å²) < 4.78 is 30.3. The molecule has 1 N–H and O–H groups in total. The fourth-order valence-corrected chi connectivity index (χ4v) is 5.51. The Morgan fingerprint density at radius 3 is 2.43 bits per heavy atom. The predicted molar refractivity (Wildman–Crippen MR) is 133 cm³/mol. The van der Waals surface area contributed by atoms with Gasteiger partial charge in [0.2, 0.25) is 5.82 Å². The van der Waals surface area contributed by atoms with E-state index in [1.165, 1.54) is 5.56 Å². The maximum Gasteiger partial charge on any atom is 0.261 e. The number of hydrogen-bond donors (Lipinski definition) is 1. The number of fused-ring (bicyclic) bond motifs is 2. The summed E-state index contributed by atoms with van der Waals surface area (Å²) in [5.41, 5.74) is 5.72. The second-order valence-corrected chi connectivity index (χ2v) is 10.2. The van der Waals surface area contributed by atoms with Gasteiger partial charge in [-0.15, -0.1) is 10.2 Å². The van der Waals surface area contributed by atoms with Crippen LogP contribution in [0, 0.1) is 0 Å². The van der Waals surface area contributed by atoms with E-state index < -0.39 is 10.0 Å². The van der Waals surface area contributed by atoms with Crippen LogP contribution in [-0.4, -0.2) is 33.2 Å². The maximum absolute atomic E-state index is 13.0. The van der Waals surface area contributed by atoms with E-state index in [-0.39, 0.29) is 0 Å². The number of benzene rings is 2. The minimum Gasteiger partial charge on any atom is -0.280 e. The topological polar surface area (TPSA) is 102 Å². The number of hydrogen-bond acceptors (Lipinski definition) is 6. The van der Waals surface area contributed by atoms with Gasteiger partial charge in [-0.05, 0) is 85.3 Å². The van der Waals surface area contributed by atoms with Gasteiger partial charge in [0, 0.05) is 17.4 Å². The van der Waals surface area contributed by atoms with E-state index >= 15 is 0 Å². The largest absolute Gasteiger partial charge is 0.280 e. The van der Waals surface area contributed by atoms with Crippen LogP contribution in [0.15, 0.2) is 83.9 Å². The first-order valence-electron chi connectivity index (χ1n) is 11.5. The predicted octanol–water partition coefficient (Wildman–Crippen LogP) is 4.53. The highest BCUT2D eigenvalue weighted by atomic mass is 32.2. The lowest BCUT2D eigenvalue weighted by molar-refractivity contribution is 0.600. The van der Waals surface area contributed by atoms with Crippen LogP contribution < -0.4 is 4.72 Å². The maximum atomic E-state index is 13.0. The Hall–Kier alpha value is -4.11. The zero-order chi connectivity index (χ0) is 23.8. The molecule has 1 aliphatic carbocycles. The van der Waals surface area contributed by atoms with Crippen LogP contribution >= 0.6 is 0 Å². The monoisotopic (exact) mass is 482 g/mol. The van der Waals surface area contributed by atoms with Gasteiger partial charge in [0.25, 0.3) is 10.0 Å². The van der Waals surface area contributed by atoms with Gasteiger partial charge >= 0.3 is 0 Å². The molecule has 2 aromatic carbocycles. The molecule has 0 atom stereocenters. The summed E-state index contributed by atoms with van der Waals surface area (Å²) in [6, 6.07) is 21.9. The molecule has 174 valence electrons. The van der Waals surface area contributed by atoms with Crippen molar-refractivity contribution in [2.24, 2.45) is 0 Å². The molecule has 0 radical (unpaired) electrons. The Morgan fingerprint density at radius 1 is 0.800 bits per heavy atom. The van der Waals surface area contributed by atoms with Gasteiger partial charge < -0.3 is 0 Å². The van der Waals surface area contributed by atoms with E-state index in [9.17, 15) is 8.42 Å². The lowest BCUT2D eigenvalue weighted by Gasteiger charge is -2.17. The Bertz CT molecular complexity index is 1630. The summed E-state index contributed by atoms with van der Waals surface area (Å²) in [5, 5.41) is 13.1. The normalized spacial score (nSPS) is 13.5. The van der Waals surface area contributed by atoms with Gasteiger partial charge in [-0.1, -0.05) is 24.3 Å². The van der Waals surface area contributed by atoms with Crippen molar-refractivity contribution in [1.29, 1.82) is 0 Å². The van der Waals surface area contributed by atoms with Crippen LogP contribution in [-0.2, 0) is 22.9 Å². The summed E-state index contributed by atoms with van der Waals surface area (Å²) in [6.07, 6.45) is 5.91. The molecule has 0 spiro atoms. The van der Waals surface area contributed by atoms with Crippen molar-refractivity contribution in [2.75, 3.05) is 4.72 Å². The molecule has 0 fully saturated rings. The summed E-state index contributed by atoms with van der Waals surface area (Å²) >= 11 is 0. The molecule has 8 nitrogen and oxygen atoms in total. The van der Waals surface area contributed by atoms with Crippen molar-refractivity contribution in [1.82, 2.24) is 24.8 Å². The van der Waals surface area contributed by atoms with Crippen molar-refractivity contribution < 1.29 is 8.42 Å². The van der Waals surface area contributed by atoms with E-state index in [4.69, 9.17) is 0 Å². The number of pyridine rings is 1. The smallest absolute Gasteiger partial charge is 0.261 e. The van der Waals surface area contributed by atoms with Crippen LogP contribution in [0.5, 0.6) is 0 Å². The Morgan fingerprint density at radius 2 is 1.63 bits per heavy atom. The van der Waals surface area contributed by atoms with Crippen molar-refractivity contribution >= 4 is 21.4 Å². The molecule has 1 aliphatic rings. The summed E-state index contributed by atoms with van der Waals surface area (Å²) in [4.78, 5) is 4.63. The minimum absolute atomic E-state index is 0.295. The second kappa shape index (κ2) is 8.59. The quantitative estimate of drug-likeness (QED) is 0.395. The number of anilines is 1. The molecule has 9 heteroatoms. The van der Waals surface area contributed by atoms with Gasteiger partial charge in [0.15, 0.2) is 5.65 Å². The van der Waals surface area contributed by atoms with Crippen molar-refractivity contribution in [3.63, 3.8) is 0 Å². The molecule has 35 heavy (non-hydrogen) atoms. The van der Waals surface area contributed by atoms with E-state index in [0.29, 0.717) is 33.4 Å². The first-order valence-corrected chi connectivity index (χ1v) is 12.9. The van der Waals surface area contributed by atoms with E-state index in [0.717, 1.165) is 36.8 Å². The number of rotatable bonds is 5. The van der Waals surface area contributed by atoms with Gasteiger partial charge in [-0.2, -0.15) is 9.61 Å². The molecular weight excluding hydrogens is 460 g/mol. The number of aromatic nitrogens is 5. The molecule has 5 aromatic rings. The Balaban J connectivity index is 1.26. The number of sulfonamides is 1. The standard InChI is InChI=1S/C26H22N6O2S/c33-35(34,22-13-10-18-5-1-2-6-20(18)17-22)31-21-11-8-19(9-12-21)23-14-15-25-28-29-26(32(25)30-23)24-7-3-4-16-27-24/h3-4,7-17,31H,1-2,5-6H2. The molecular formula is C26H22N6O2S. The van der Waals surface area contributed by atoms with Gasteiger partial charge in [0.1, 0.15) is 5.69 Å². The average Bonchev–Trinajstić information content (AvgIpc) is 3.32. The average molecular weight is 483 g/mol. The Labute approximate surface area is 202 Å². The van der Waals surface area contributed by atoms with Gasteiger partial charge in [-0.3, -0.25) is 9.71 Å². The van der Waals surface area contributed by atoms with Crippen LogP contribution in [0.25, 0.3) is 28.4 Å². The second-order valence-electron chi connectivity index (χ2n) is 8.55. The molecule has 0 unspecified atom stereocenters. The fourth-order valence-electron chi connectivity index (χ4n) is 4.40. The van der Waals surface area contributed by atoms with Crippen molar-refractivity contribution in [2.45, 2.75) is 30.6 Å². The van der Waals surface area contributed by atoms with Gasteiger partial charge in [0.05, 0.1) is 10.6 Å². The zero-order valence-corrected chi connectivity index (χ0v) is 19.6. The van der Waals surface area contributed by atoms with Gasteiger partial charge in [-0.25, -0.2) is 8.42 Å². The third kappa shape index (κ3) is 4.15. The molecule has 3 heterocycles. The zero-order valence-electron chi connectivity index (χ0n) is 18.8. The van der Waals surface area contributed by atoms with Crippen LogP contribution in [0.4, 0.5) is 5.69 Å². The van der Waals surface area contributed by atoms with Crippen LogP contribution in [0.3, 0.4) is 0 Å². The SMILES string of the molecule is O=S(=O)(Nc1ccc(-c2ccc3nnc(-c4ccccn4)n3n2)cc1)c1ccc2c(c1)CCCC2. The molecule has 0 amide bonds. The number of aryl methyl sites for hydroxylation is 2. The molecule has 0 saturated carbocycles. The van der Waals surface area contributed by atoms with Crippen LogP contribution in [0.1, 0.15) is 24.0 Å².